The van der Waals surface area contributed by atoms with Crippen LogP contribution in [-0.2, 0) is 18.3 Å². The first-order valence-corrected chi connectivity index (χ1v) is 13.2. The molecule has 1 unspecified atom stereocenters. The smallest absolute Gasteiger partial charge is 0.380 e. The van der Waals surface area contributed by atoms with Crippen molar-refractivity contribution in [3.63, 3.8) is 0 Å². The summed E-state index contributed by atoms with van der Waals surface area (Å²) in [6.45, 7) is 5.81. The molecule has 1 saturated carbocycles. The van der Waals surface area contributed by atoms with Crippen molar-refractivity contribution in [3.8, 4) is 5.69 Å². The Morgan fingerprint density at radius 3 is 2.60 bits per heavy atom. The van der Waals surface area contributed by atoms with E-state index in [-0.39, 0.29) is 17.9 Å². The maximum atomic E-state index is 13.6. The van der Waals surface area contributed by atoms with Crippen molar-refractivity contribution in [3.05, 3.63) is 114 Å². The molecule has 210 valence electrons. The number of nitrogens with zero attached hydrogens (tertiary/aromatic N) is 2. The van der Waals surface area contributed by atoms with E-state index >= 15 is 0 Å². The Morgan fingerprint density at radius 2 is 1.95 bits per heavy atom. The van der Waals surface area contributed by atoms with Gasteiger partial charge in [0, 0.05) is 18.3 Å². The third kappa shape index (κ3) is 6.60. The number of aliphatic hydroxyl groups is 1. The highest BCUT2D eigenvalue weighted by atomic mass is 19.4. The third-order valence-corrected chi connectivity index (χ3v) is 6.95. The molecule has 0 saturated heterocycles. The molecule has 40 heavy (non-hydrogen) atoms. The number of benzene rings is 2. The fourth-order valence-electron chi connectivity index (χ4n) is 4.66. The second-order valence-electron chi connectivity index (χ2n) is 9.93. The standard InChI is InChI=1S/C31H33F3N4O2/c1-3-7-23(8-4-2)30(40,16-15-21-13-14-21)24-10-6-11-25(18-24)36-29(39)27-19-28(31(32,33)34)37-38(27)26-12-5-9-22(17-26)20-35/h3-12,17-19,21,40H,1,13-16,20,35H2,2H3,(H,36,39)/b8-4-,23-7+. The molecule has 1 atom stereocenters. The van der Waals surface area contributed by atoms with Gasteiger partial charge in [0.1, 0.15) is 11.3 Å². The summed E-state index contributed by atoms with van der Waals surface area (Å²) in [6.07, 6.45) is 5.86. The fraction of sp³-hybridized carbons (Fsp3) is 0.290. The van der Waals surface area contributed by atoms with E-state index in [1.807, 2.05) is 19.1 Å². The summed E-state index contributed by atoms with van der Waals surface area (Å²) in [5.41, 5.74) is 5.35. The van der Waals surface area contributed by atoms with E-state index < -0.39 is 23.4 Å². The summed E-state index contributed by atoms with van der Waals surface area (Å²) in [5.74, 6) is -0.207. The normalized spacial score (nSPS) is 15.7. The van der Waals surface area contributed by atoms with Gasteiger partial charge in [-0.15, -0.1) is 0 Å². The lowest BCUT2D eigenvalue weighted by Gasteiger charge is -2.31. The van der Waals surface area contributed by atoms with Gasteiger partial charge in [-0.05, 0) is 66.6 Å². The Balaban J connectivity index is 1.70. The number of anilines is 1. The summed E-state index contributed by atoms with van der Waals surface area (Å²) >= 11 is 0. The Bertz CT molecular complexity index is 1440. The SMILES string of the molecule is C=C/C=C(\C=C/C)C(O)(CCC1CC1)c1cccc(NC(=O)c2cc(C(F)(F)F)nn2-c2cccc(CN)c2)c1. The van der Waals surface area contributed by atoms with Gasteiger partial charge in [-0.1, -0.05) is 68.0 Å². The number of alkyl halides is 3. The van der Waals surface area contributed by atoms with E-state index in [2.05, 4.69) is 17.0 Å². The number of carbonyl (C=O) groups excluding carboxylic acids is 1. The van der Waals surface area contributed by atoms with E-state index in [1.165, 1.54) is 0 Å². The Labute approximate surface area is 231 Å². The molecular weight excluding hydrogens is 517 g/mol. The lowest BCUT2D eigenvalue weighted by atomic mass is 9.81. The summed E-state index contributed by atoms with van der Waals surface area (Å²) in [6, 6.07) is 14.0. The lowest BCUT2D eigenvalue weighted by Crippen LogP contribution is -2.28. The first-order valence-electron chi connectivity index (χ1n) is 13.2. The summed E-state index contributed by atoms with van der Waals surface area (Å²) < 4.78 is 41.7. The second kappa shape index (κ2) is 12.1. The minimum Gasteiger partial charge on any atom is -0.380 e. The topological polar surface area (TPSA) is 93.2 Å². The number of nitrogens with two attached hydrogens (primary N) is 1. The molecule has 3 aromatic rings. The van der Waals surface area contributed by atoms with Crippen LogP contribution in [0.1, 0.15) is 59.9 Å². The van der Waals surface area contributed by atoms with Gasteiger partial charge in [-0.2, -0.15) is 18.3 Å². The number of aromatic nitrogens is 2. The van der Waals surface area contributed by atoms with Crippen LogP contribution < -0.4 is 11.1 Å². The summed E-state index contributed by atoms with van der Waals surface area (Å²) in [7, 11) is 0. The average Bonchev–Trinajstić information content (AvgIpc) is 3.65. The molecule has 0 radical (unpaired) electrons. The zero-order chi connectivity index (χ0) is 28.9. The first-order chi connectivity index (χ1) is 19.1. The van der Waals surface area contributed by atoms with Crippen molar-refractivity contribution < 1.29 is 23.1 Å². The Hall–Kier alpha value is -3.95. The van der Waals surface area contributed by atoms with Crippen molar-refractivity contribution in [2.45, 2.75) is 50.9 Å². The van der Waals surface area contributed by atoms with E-state index in [4.69, 9.17) is 5.73 Å². The van der Waals surface area contributed by atoms with Crippen molar-refractivity contribution in [2.24, 2.45) is 11.7 Å². The van der Waals surface area contributed by atoms with Crippen LogP contribution in [0.15, 0.2) is 91.1 Å². The highest BCUT2D eigenvalue weighted by molar-refractivity contribution is 6.03. The van der Waals surface area contributed by atoms with Crippen LogP contribution in [0.25, 0.3) is 5.69 Å². The van der Waals surface area contributed by atoms with E-state index in [0.717, 1.165) is 30.0 Å². The van der Waals surface area contributed by atoms with Crippen LogP contribution in [-0.4, -0.2) is 20.8 Å². The van der Waals surface area contributed by atoms with Gasteiger partial charge in [0.15, 0.2) is 5.69 Å². The number of carbonyl (C=O) groups is 1. The molecule has 1 aliphatic rings. The molecule has 1 aliphatic carbocycles. The van der Waals surface area contributed by atoms with E-state index in [0.29, 0.717) is 34.7 Å². The Morgan fingerprint density at radius 1 is 1.20 bits per heavy atom. The highest BCUT2D eigenvalue weighted by Crippen LogP contribution is 2.42. The summed E-state index contributed by atoms with van der Waals surface area (Å²) in [4.78, 5) is 13.4. The van der Waals surface area contributed by atoms with Gasteiger partial charge in [-0.3, -0.25) is 4.79 Å². The zero-order valence-electron chi connectivity index (χ0n) is 22.3. The molecule has 0 spiro atoms. The van der Waals surface area contributed by atoms with E-state index in [9.17, 15) is 23.1 Å². The molecule has 4 N–H and O–H groups in total. The van der Waals surface area contributed by atoms with Crippen LogP contribution >= 0.6 is 0 Å². The monoisotopic (exact) mass is 550 g/mol. The molecule has 1 fully saturated rings. The van der Waals surface area contributed by atoms with Crippen LogP contribution in [0, 0.1) is 5.92 Å². The average molecular weight is 551 g/mol. The summed E-state index contributed by atoms with van der Waals surface area (Å²) in [5, 5.41) is 18.3. The minimum atomic E-state index is -4.75. The number of nitrogens with one attached hydrogen (secondary N) is 1. The number of rotatable bonds is 11. The first kappa shape index (κ1) is 29.0. The van der Waals surface area contributed by atoms with Crippen molar-refractivity contribution in [1.29, 1.82) is 0 Å². The number of hydrogen-bond donors (Lipinski definition) is 3. The number of hydrogen-bond acceptors (Lipinski definition) is 4. The fourth-order valence-corrected chi connectivity index (χ4v) is 4.66. The predicted molar refractivity (Wildman–Crippen MR) is 150 cm³/mol. The molecular formula is C31H33F3N4O2. The van der Waals surface area contributed by atoms with Gasteiger partial charge in [0.2, 0.25) is 0 Å². The quantitative estimate of drug-likeness (QED) is 0.233. The molecule has 0 aliphatic heterocycles. The molecule has 1 heterocycles. The Kier molecular flexibility index (Phi) is 8.76. The van der Waals surface area contributed by atoms with Crippen LogP contribution in [0.4, 0.5) is 18.9 Å². The minimum absolute atomic E-state index is 0.175. The number of amides is 1. The molecule has 0 bridgehead atoms. The molecule has 1 amide bonds. The van der Waals surface area contributed by atoms with Crippen molar-refractivity contribution >= 4 is 11.6 Å². The number of allylic oxidation sites excluding steroid dienone is 3. The third-order valence-electron chi connectivity index (χ3n) is 6.95. The van der Waals surface area contributed by atoms with Crippen LogP contribution in [0.5, 0.6) is 0 Å². The van der Waals surface area contributed by atoms with Gasteiger partial charge in [0.05, 0.1) is 5.69 Å². The van der Waals surface area contributed by atoms with Gasteiger partial charge < -0.3 is 16.2 Å². The predicted octanol–water partition coefficient (Wildman–Crippen LogP) is 6.67. The second-order valence-corrected chi connectivity index (χ2v) is 9.93. The lowest BCUT2D eigenvalue weighted by molar-refractivity contribution is -0.141. The molecule has 1 aromatic heterocycles. The van der Waals surface area contributed by atoms with Gasteiger partial charge in [-0.25, -0.2) is 4.68 Å². The highest BCUT2D eigenvalue weighted by Gasteiger charge is 2.37. The van der Waals surface area contributed by atoms with Crippen LogP contribution in [0.3, 0.4) is 0 Å². The van der Waals surface area contributed by atoms with Gasteiger partial charge >= 0.3 is 6.18 Å². The zero-order valence-corrected chi connectivity index (χ0v) is 22.3. The number of halogens is 3. The molecule has 4 rings (SSSR count). The molecule has 2 aromatic carbocycles. The van der Waals surface area contributed by atoms with Crippen LogP contribution in [0.2, 0.25) is 0 Å². The molecule has 6 nitrogen and oxygen atoms in total. The maximum absolute atomic E-state index is 13.6. The van der Waals surface area contributed by atoms with E-state index in [1.54, 1.807) is 60.7 Å². The maximum Gasteiger partial charge on any atom is 0.435 e. The largest absolute Gasteiger partial charge is 0.435 e. The van der Waals surface area contributed by atoms with Crippen molar-refractivity contribution in [1.82, 2.24) is 9.78 Å². The van der Waals surface area contributed by atoms with Gasteiger partial charge in [0.25, 0.3) is 5.91 Å². The molecule has 9 heteroatoms. The van der Waals surface area contributed by atoms with Crippen molar-refractivity contribution in [2.75, 3.05) is 5.32 Å².